The summed E-state index contributed by atoms with van der Waals surface area (Å²) in [6.45, 7) is 6.22. The van der Waals surface area contributed by atoms with Crippen molar-refractivity contribution in [1.82, 2.24) is 15.3 Å². The Morgan fingerprint density at radius 3 is 2.64 bits per heavy atom. The van der Waals surface area contributed by atoms with Gasteiger partial charge in [-0.05, 0) is 61.5 Å². The third kappa shape index (κ3) is 7.46. The van der Waals surface area contributed by atoms with Crippen LogP contribution in [0.1, 0.15) is 52.0 Å². The fourth-order valence-corrected chi connectivity index (χ4v) is 3.24. The van der Waals surface area contributed by atoms with Gasteiger partial charge in [-0.15, -0.1) is 0 Å². The number of benzene rings is 1. The first-order valence-corrected chi connectivity index (χ1v) is 10.4. The van der Waals surface area contributed by atoms with E-state index in [-0.39, 0.29) is 12.0 Å². The molecule has 0 saturated heterocycles. The van der Waals surface area contributed by atoms with Crippen molar-refractivity contribution in [2.75, 3.05) is 12.3 Å². The van der Waals surface area contributed by atoms with Crippen molar-refractivity contribution in [2.24, 2.45) is 0 Å². The fraction of sp³-hybridized carbons (Fsp3) is 0.476. The number of anilines is 1. The number of nitrogen functional groups attached to an aromatic ring is 1. The summed E-state index contributed by atoms with van der Waals surface area (Å²) in [6, 6.07) is 8.24. The second-order valence-electron chi connectivity index (χ2n) is 7.67. The highest BCUT2D eigenvalue weighted by Gasteiger charge is 2.15. The number of aromatic nitrogens is 2. The molecule has 28 heavy (non-hydrogen) atoms. The van der Waals surface area contributed by atoms with E-state index in [1.54, 1.807) is 6.20 Å². The predicted molar refractivity (Wildman–Crippen MR) is 116 cm³/mol. The third-order valence-electron chi connectivity index (χ3n) is 4.08. The summed E-state index contributed by atoms with van der Waals surface area (Å²) in [4.78, 5) is 20.0. The van der Waals surface area contributed by atoms with Crippen LogP contribution in [0.15, 0.2) is 34.9 Å². The lowest BCUT2D eigenvalue weighted by molar-refractivity contribution is 0.0527. The monoisotopic (exact) mass is 448 g/mol. The second-order valence-corrected chi connectivity index (χ2v) is 8.53. The number of hydrogen-bond donors (Lipinski definition) is 2. The lowest BCUT2D eigenvalue weighted by Gasteiger charge is -2.19. The molecule has 2 aromatic rings. The summed E-state index contributed by atoms with van der Waals surface area (Å²) < 4.78 is 6.06. The van der Waals surface area contributed by atoms with Crippen LogP contribution in [0.2, 0.25) is 0 Å². The second kappa shape index (κ2) is 10.4. The molecule has 0 saturated carbocycles. The van der Waals surface area contributed by atoms with Gasteiger partial charge in [0.1, 0.15) is 5.60 Å². The van der Waals surface area contributed by atoms with Gasteiger partial charge in [-0.3, -0.25) is 0 Å². The van der Waals surface area contributed by atoms with E-state index in [0.29, 0.717) is 6.54 Å². The highest BCUT2D eigenvalue weighted by molar-refractivity contribution is 9.10. The number of alkyl carbamates (subject to hydrolysis) is 1. The topological polar surface area (TPSA) is 90.1 Å². The highest BCUT2D eigenvalue weighted by Crippen LogP contribution is 2.29. The van der Waals surface area contributed by atoms with Gasteiger partial charge in [-0.1, -0.05) is 37.1 Å². The first-order valence-electron chi connectivity index (χ1n) is 9.59. The summed E-state index contributed by atoms with van der Waals surface area (Å²) in [5.41, 5.74) is 8.44. The van der Waals surface area contributed by atoms with Crippen LogP contribution in [0, 0.1) is 0 Å². The summed E-state index contributed by atoms with van der Waals surface area (Å²) in [6.07, 6.45) is 6.46. The Bertz CT molecular complexity index is 790. The van der Waals surface area contributed by atoms with Crippen molar-refractivity contribution in [2.45, 2.75) is 58.5 Å². The Labute approximate surface area is 175 Å². The van der Waals surface area contributed by atoms with E-state index >= 15 is 0 Å². The zero-order valence-electron chi connectivity index (χ0n) is 16.8. The van der Waals surface area contributed by atoms with Crippen molar-refractivity contribution in [3.63, 3.8) is 0 Å². The van der Waals surface area contributed by atoms with Gasteiger partial charge < -0.3 is 15.8 Å². The minimum atomic E-state index is -0.458. The van der Waals surface area contributed by atoms with Crippen molar-refractivity contribution < 1.29 is 9.53 Å². The molecule has 3 N–H and O–H groups in total. The van der Waals surface area contributed by atoms with E-state index in [9.17, 15) is 4.79 Å². The molecule has 6 nitrogen and oxygen atoms in total. The lowest BCUT2D eigenvalue weighted by Crippen LogP contribution is -2.32. The Morgan fingerprint density at radius 2 is 1.89 bits per heavy atom. The van der Waals surface area contributed by atoms with Crippen LogP contribution in [-0.4, -0.2) is 28.2 Å². The molecule has 0 radical (unpaired) electrons. The zero-order valence-corrected chi connectivity index (χ0v) is 18.4. The Hall–Kier alpha value is -2.15. The molecule has 1 aromatic carbocycles. The summed E-state index contributed by atoms with van der Waals surface area (Å²) >= 11 is 3.52. The van der Waals surface area contributed by atoms with E-state index in [1.165, 1.54) is 5.56 Å². The lowest BCUT2D eigenvalue weighted by atomic mass is 9.98. The maximum absolute atomic E-state index is 11.6. The predicted octanol–water partition coefficient (Wildman–Crippen LogP) is 5.12. The number of rotatable bonds is 8. The largest absolute Gasteiger partial charge is 0.444 e. The first kappa shape index (κ1) is 22.1. The van der Waals surface area contributed by atoms with Gasteiger partial charge in [0, 0.05) is 18.3 Å². The quantitative estimate of drug-likeness (QED) is 0.547. The first-order chi connectivity index (χ1) is 13.3. The van der Waals surface area contributed by atoms with Crippen LogP contribution < -0.4 is 11.1 Å². The maximum atomic E-state index is 11.6. The number of hydrogen-bond acceptors (Lipinski definition) is 5. The molecular weight excluding hydrogens is 420 g/mol. The van der Waals surface area contributed by atoms with Crippen LogP contribution >= 0.6 is 15.9 Å². The molecule has 7 heteroatoms. The summed E-state index contributed by atoms with van der Waals surface area (Å²) in [5, 5.41) is 2.80. The number of nitrogens with two attached hydrogens (primary N) is 1. The van der Waals surface area contributed by atoms with Crippen molar-refractivity contribution >= 4 is 28.0 Å². The van der Waals surface area contributed by atoms with Gasteiger partial charge in [0.2, 0.25) is 5.95 Å². The van der Waals surface area contributed by atoms with Gasteiger partial charge in [0.15, 0.2) is 0 Å². The molecule has 0 aliphatic heterocycles. The standard InChI is InChI=1S/C21H29BrN4O2/c1-21(2,3)28-20(27)24-13-9-5-4-6-10-15-11-7-8-12-16(15)18-17(22)14-25-19(23)26-18/h7-8,11-12,14H,4-6,9-10,13H2,1-3H3,(H,24,27)(H2,23,25,26). The summed E-state index contributed by atoms with van der Waals surface area (Å²) in [7, 11) is 0. The smallest absolute Gasteiger partial charge is 0.407 e. The molecule has 0 unspecified atom stereocenters. The van der Waals surface area contributed by atoms with Crippen LogP contribution in [0.4, 0.5) is 10.7 Å². The number of carbonyl (C=O) groups is 1. The van der Waals surface area contributed by atoms with Crippen molar-refractivity contribution in [3.05, 3.63) is 40.5 Å². The van der Waals surface area contributed by atoms with Gasteiger partial charge in [-0.2, -0.15) is 0 Å². The van der Waals surface area contributed by atoms with Gasteiger partial charge >= 0.3 is 6.09 Å². The summed E-state index contributed by atoms with van der Waals surface area (Å²) in [5.74, 6) is 0.269. The van der Waals surface area contributed by atoms with E-state index < -0.39 is 5.60 Å². The molecule has 0 bridgehead atoms. The number of nitrogens with zero attached hydrogens (tertiary/aromatic N) is 2. The molecule has 0 aliphatic rings. The number of unbranched alkanes of at least 4 members (excludes halogenated alkanes) is 3. The van der Waals surface area contributed by atoms with Crippen molar-refractivity contribution in [1.29, 1.82) is 0 Å². The zero-order chi connectivity index (χ0) is 20.6. The molecule has 0 atom stereocenters. The molecular formula is C21H29BrN4O2. The van der Waals surface area contributed by atoms with Crippen LogP contribution in [-0.2, 0) is 11.2 Å². The van der Waals surface area contributed by atoms with E-state index in [0.717, 1.165) is 47.8 Å². The average Bonchev–Trinajstić information content (AvgIpc) is 2.62. The van der Waals surface area contributed by atoms with Crippen LogP contribution in [0.25, 0.3) is 11.3 Å². The van der Waals surface area contributed by atoms with E-state index in [2.05, 4.69) is 43.3 Å². The number of carbonyl (C=O) groups excluding carboxylic acids is 1. The molecule has 1 heterocycles. The van der Waals surface area contributed by atoms with Gasteiger partial charge in [0.25, 0.3) is 0 Å². The van der Waals surface area contributed by atoms with E-state index in [1.807, 2.05) is 32.9 Å². The molecule has 1 aromatic heterocycles. The highest BCUT2D eigenvalue weighted by atomic mass is 79.9. The van der Waals surface area contributed by atoms with E-state index in [4.69, 9.17) is 10.5 Å². The molecule has 0 aliphatic carbocycles. The molecule has 0 spiro atoms. The minimum absolute atomic E-state index is 0.269. The Kier molecular flexibility index (Phi) is 8.23. The number of halogens is 1. The molecule has 152 valence electrons. The van der Waals surface area contributed by atoms with Gasteiger partial charge in [0.05, 0.1) is 10.2 Å². The number of ether oxygens (including phenoxy) is 1. The minimum Gasteiger partial charge on any atom is -0.444 e. The SMILES string of the molecule is CC(C)(C)OC(=O)NCCCCCCc1ccccc1-c1nc(N)ncc1Br. The average molecular weight is 449 g/mol. The van der Waals surface area contributed by atoms with Crippen molar-refractivity contribution in [3.8, 4) is 11.3 Å². The maximum Gasteiger partial charge on any atom is 0.407 e. The molecule has 0 fully saturated rings. The molecule has 2 rings (SSSR count). The third-order valence-corrected chi connectivity index (χ3v) is 4.66. The number of aryl methyl sites for hydroxylation is 1. The Balaban J connectivity index is 1.77. The number of nitrogens with one attached hydrogen (secondary N) is 1. The normalized spacial score (nSPS) is 11.3. The van der Waals surface area contributed by atoms with Gasteiger partial charge in [-0.25, -0.2) is 14.8 Å². The molecule has 1 amide bonds. The fourth-order valence-electron chi connectivity index (χ4n) is 2.84. The van der Waals surface area contributed by atoms with Crippen LogP contribution in [0.5, 0.6) is 0 Å². The number of amides is 1. The Morgan fingerprint density at radius 1 is 1.18 bits per heavy atom. The van der Waals surface area contributed by atoms with Crippen LogP contribution in [0.3, 0.4) is 0 Å².